The molecule has 0 unspecified atom stereocenters. The highest BCUT2D eigenvalue weighted by atomic mass is 16.8. The largest absolute Gasteiger partial charge is 0.394 e. The summed E-state index contributed by atoms with van der Waals surface area (Å²) in [6, 6.07) is 0. The lowest BCUT2D eigenvalue weighted by Gasteiger charge is -2.70. The van der Waals surface area contributed by atoms with Crippen LogP contribution in [0, 0.1) is 45.3 Å². The summed E-state index contributed by atoms with van der Waals surface area (Å²) in [6.07, 6.45) is -34.6. The fourth-order valence-electron chi connectivity index (χ4n) is 17.4. The Morgan fingerprint density at radius 1 is 0.605 bits per heavy atom. The van der Waals surface area contributed by atoms with Gasteiger partial charge in [0.25, 0.3) is 0 Å². The quantitative estimate of drug-likeness (QED) is 0.0486. The number of ketones is 1. The number of fused-ring (bicyclic) bond motifs is 5. The number of hydrogen-bond acceptors (Lipinski definition) is 27. The summed E-state index contributed by atoms with van der Waals surface area (Å²) < 4.78 is 54.4. The first-order valence-electron chi connectivity index (χ1n) is 30.6. The number of rotatable bonds is 17. The molecular weight excluding hydrogens is 1140 g/mol. The van der Waals surface area contributed by atoms with Crippen molar-refractivity contribution in [1.82, 2.24) is 0 Å². The minimum absolute atomic E-state index is 0.0387. The smallest absolute Gasteiger partial charge is 0.192 e. The van der Waals surface area contributed by atoms with Crippen LogP contribution >= 0.6 is 0 Å². The molecule has 0 spiro atoms. The lowest BCUT2D eigenvalue weighted by molar-refractivity contribution is -0.402. The molecule has 9 aliphatic rings. The third kappa shape index (κ3) is 11.6. The van der Waals surface area contributed by atoms with Gasteiger partial charge in [0.15, 0.2) is 30.8 Å². The molecule has 5 heterocycles. The molecule has 0 aromatic carbocycles. The van der Waals surface area contributed by atoms with Gasteiger partial charge < -0.3 is 129 Å². The third-order valence-corrected chi connectivity index (χ3v) is 22.8. The lowest BCUT2D eigenvalue weighted by Crippen LogP contribution is -2.77. The van der Waals surface area contributed by atoms with E-state index in [0.29, 0.717) is 51.4 Å². The van der Waals surface area contributed by atoms with Gasteiger partial charge in [-0.2, -0.15) is 0 Å². The van der Waals surface area contributed by atoms with Crippen molar-refractivity contribution < 1.29 is 134 Å². The normalized spacial score (nSPS) is 53.0. The highest BCUT2D eigenvalue weighted by Gasteiger charge is 2.73. The van der Waals surface area contributed by atoms with Crippen molar-refractivity contribution in [1.29, 1.82) is 0 Å². The Labute approximate surface area is 500 Å². The second kappa shape index (κ2) is 25.7. The molecule has 9 rings (SSSR count). The molecule has 27 heteroatoms. The van der Waals surface area contributed by atoms with Crippen LogP contribution in [-0.2, 0) is 47.4 Å². The summed E-state index contributed by atoms with van der Waals surface area (Å²) >= 11 is 0. The third-order valence-electron chi connectivity index (χ3n) is 22.8. The number of carbonyl (C=O) groups excluding carboxylic acids is 1. The fourth-order valence-corrected chi connectivity index (χ4v) is 17.4. The molecule has 33 atom stereocenters. The molecule has 0 radical (unpaired) electrons. The van der Waals surface area contributed by atoms with Crippen LogP contribution in [0.1, 0.15) is 113 Å². The first kappa shape index (κ1) is 68.7. The van der Waals surface area contributed by atoms with E-state index in [2.05, 4.69) is 20.8 Å². The topological polar surface area (TPSA) is 444 Å². The molecular formula is C59H98O27. The van der Waals surface area contributed by atoms with E-state index in [9.17, 15) is 86.8 Å². The zero-order valence-corrected chi connectivity index (χ0v) is 50.3. The highest BCUT2D eigenvalue weighted by molar-refractivity contribution is 5.84. The summed E-state index contributed by atoms with van der Waals surface area (Å²) in [4.78, 5) is 15.5. The van der Waals surface area contributed by atoms with E-state index >= 15 is 4.79 Å². The molecule has 9 fully saturated rings. The molecule has 0 aromatic rings. The first-order chi connectivity index (χ1) is 40.2. The molecule has 5 saturated heterocycles. The van der Waals surface area contributed by atoms with Crippen LogP contribution in [0.5, 0.6) is 0 Å². The van der Waals surface area contributed by atoms with Gasteiger partial charge in [0.1, 0.15) is 122 Å². The van der Waals surface area contributed by atoms with Gasteiger partial charge in [0.05, 0.1) is 44.7 Å². The zero-order valence-electron chi connectivity index (χ0n) is 50.3. The molecule has 496 valence electrons. The van der Waals surface area contributed by atoms with Crippen molar-refractivity contribution >= 4 is 5.78 Å². The summed E-state index contributed by atoms with van der Waals surface area (Å²) in [7, 11) is 0. The second-order valence-corrected chi connectivity index (χ2v) is 28.2. The summed E-state index contributed by atoms with van der Waals surface area (Å²) in [5, 5.41) is 186. The van der Waals surface area contributed by atoms with Crippen molar-refractivity contribution in [2.45, 2.75) is 272 Å². The van der Waals surface area contributed by atoms with E-state index in [1.54, 1.807) is 0 Å². The summed E-state index contributed by atoms with van der Waals surface area (Å²) in [6.45, 7) is 13.3. The summed E-state index contributed by atoms with van der Waals surface area (Å²) in [5.41, 5.74) is -5.45. The van der Waals surface area contributed by atoms with Crippen molar-refractivity contribution in [2.24, 2.45) is 45.3 Å². The van der Waals surface area contributed by atoms with Crippen LogP contribution in [-0.4, -0.2) is 284 Å². The second-order valence-electron chi connectivity index (χ2n) is 28.2. The Balaban J connectivity index is 0.956. The highest BCUT2D eigenvalue weighted by Crippen LogP contribution is 2.75. The Bertz CT molecular complexity index is 2350. The van der Waals surface area contributed by atoms with E-state index in [1.807, 2.05) is 40.7 Å². The lowest BCUT2D eigenvalue weighted by atomic mass is 9.35. The minimum Gasteiger partial charge on any atom is -0.394 e. The maximum absolute atomic E-state index is 15.5. The van der Waals surface area contributed by atoms with Crippen LogP contribution in [0.15, 0.2) is 11.6 Å². The van der Waals surface area contributed by atoms with Gasteiger partial charge in [-0.25, -0.2) is 0 Å². The van der Waals surface area contributed by atoms with E-state index in [0.717, 1.165) is 5.57 Å². The number of carbonyl (C=O) groups is 1. The number of allylic oxidation sites excluding steroid dienone is 2. The minimum atomic E-state index is -2.93. The van der Waals surface area contributed by atoms with Gasteiger partial charge in [-0.05, 0) is 112 Å². The van der Waals surface area contributed by atoms with Crippen molar-refractivity contribution in [3.05, 3.63) is 11.6 Å². The van der Waals surface area contributed by atoms with Crippen LogP contribution < -0.4 is 0 Å². The monoisotopic (exact) mass is 1240 g/mol. The van der Waals surface area contributed by atoms with Gasteiger partial charge in [0, 0.05) is 12.3 Å². The Kier molecular flexibility index (Phi) is 20.5. The van der Waals surface area contributed by atoms with E-state index in [4.69, 9.17) is 42.6 Å². The fraction of sp³-hybridized carbons (Fsp3) is 0.949. The number of aliphatic hydroxyl groups is 17. The van der Waals surface area contributed by atoms with Crippen LogP contribution in [0.3, 0.4) is 0 Å². The van der Waals surface area contributed by atoms with Crippen LogP contribution in [0.2, 0.25) is 0 Å². The van der Waals surface area contributed by atoms with Gasteiger partial charge in [-0.3, -0.25) is 4.79 Å². The predicted molar refractivity (Wildman–Crippen MR) is 292 cm³/mol. The Morgan fingerprint density at radius 2 is 1.15 bits per heavy atom. The Morgan fingerprint density at radius 3 is 1.78 bits per heavy atom. The van der Waals surface area contributed by atoms with Gasteiger partial charge in [0.2, 0.25) is 0 Å². The zero-order chi connectivity index (χ0) is 63.3. The standard InChI is InChI=1S/C59H98O27/c1-24(2)10-9-14-58(8,86-52-47(75)43(71)39(67)30(83-52)22-80-51-46(74)42(70)38(66)29(20-61)82-51)25-11-16-57(7)35(25)26(62)18-33-55(5)15-13-34(54(3,4)32(55)12-17-56(33,57)6)85-53-59(77,49-44(72)41(69)37(65)28(19-60)81-49)48(76)40(68)31(84-53)23-79-50-45(73)36(64)27(63)21-78-50/h10,25,27-53,60-61,63-77H,9,11-23H2,1-8H3/t25-,27+,28+,29+,30+,31+,32-,33+,34-,35-,36-,37+,38+,39+,40+,41-,42-,43-,44+,45+,46+,47+,48-,49+,50-,51+,52-,53-,55-,56+,57+,58-,59-/m0/s1. The van der Waals surface area contributed by atoms with E-state index in [-0.39, 0.29) is 24.0 Å². The number of aliphatic hydroxyl groups excluding tert-OH is 16. The van der Waals surface area contributed by atoms with E-state index in [1.165, 1.54) is 0 Å². The number of ether oxygens (including phenoxy) is 9. The average molecular weight is 1240 g/mol. The van der Waals surface area contributed by atoms with Gasteiger partial charge in [-0.15, -0.1) is 0 Å². The van der Waals surface area contributed by atoms with Crippen LogP contribution in [0.4, 0.5) is 0 Å². The summed E-state index contributed by atoms with van der Waals surface area (Å²) in [5.74, 6) is -1.27. The van der Waals surface area contributed by atoms with Gasteiger partial charge >= 0.3 is 0 Å². The van der Waals surface area contributed by atoms with Crippen molar-refractivity contribution in [3.8, 4) is 0 Å². The van der Waals surface area contributed by atoms with Crippen molar-refractivity contribution in [3.63, 3.8) is 0 Å². The SMILES string of the molecule is CC(C)=CCC[C@](C)(O[C@@H]1O[C@H](CO[C@@H]2O[C@H](CO)[C@@H](O)[C@H](O)[C@H]2O)[C@@H](O)[C@H](O)[C@H]1O)[C@H]1CC[C@]2(C)[C@@H]1C(=O)C[C@@H]1[C@@]3(C)CC[C@H](O[C@@H]4O[C@H](CO[C@@H]5OC[C@@H](O)[C@H](O)[C@H]5O)[C@@H](O)[C@H](O)[C@]4(O)[C@@H]4O[C@H](CO)[C@@H](O)[C@H](O)[C@H]4O)C(C)(C)[C@@H]3CC[C@]12C. The maximum Gasteiger partial charge on any atom is 0.192 e. The molecule has 17 N–H and O–H groups in total. The maximum atomic E-state index is 15.5. The molecule has 4 saturated carbocycles. The number of Topliss-reactive ketones (excluding diaryl/α,β-unsaturated/α-hetero) is 1. The van der Waals surface area contributed by atoms with E-state index < -0.39 is 225 Å². The first-order valence-corrected chi connectivity index (χ1v) is 30.6. The Hall–Kier alpha value is -1.63. The predicted octanol–water partition coefficient (Wildman–Crippen LogP) is -4.14. The van der Waals surface area contributed by atoms with Gasteiger partial charge in [-0.1, -0.05) is 46.3 Å². The van der Waals surface area contributed by atoms with Crippen molar-refractivity contribution in [2.75, 3.05) is 33.0 Å². The molecule has 0 amide bonds. The molecule has 0 bridgehead atoms. The molecule has 4 aliphatic carbocycles. The average Bonchev–Trinajstić information content (AvgIpc) is 1.25. The number of hydrogen-bond donors (Lipinski definition) is 17. The molecule has 86 heavy (non-hydrogen) atoms. The molecule has 0 aromatic heterocycles. The molecule has 27 nitrogen and oxygen atoms in total. The van der Waals surface area contributed by atoms with Crippen LogP contribution in [0.25, 0.3) is 0 Å². The molecule has 5 aliphatic heterocycles.